The van der Waals surface area contributed by atoms with E-state index < -0.39 is 0 Å². The van der Waals surface area contributed by atoms with Crippen LogP contribution in [0.4, 0.5) is 5.13 Å². The van der Waals surface area contributed by atoms with E-state index in [1.807, 2.05) is 25.1 Å². The Morgan fingerprint density at radius 3 is 2.76 bits per heavy atom. The van der Waals surface area contributed by atoms with Gasteiger partial charge in [0.25, 0.3) is 0 Å². The number of hydrogen-bond acceptors (Lipinski definition) is 4. The van der Waals surface area contributed by atoms with Gasteiger partial charge in [0.15, 0.2) is 5.13 Å². The number of nitrogen functional groups attached to an aromatic ring is 1. The van der Waals surface area contributed by atoms with Crippen molar-refractivity contribution in [3.63, 3.8) is 0 Å². The summed E-state index contributed by atoms with van der Waals surface area (Å²) in [6.45, 7) is 4.02. The third-order valence-electron chi connectivity index (χ3n) is 2.74. The van der Waals surface area contributed by atoms with E-state index in [4.69, 9.17) is 11.0 Å². The lowest BCUT2D eigenvalue weighted by Gasteiger charge is -2.05. The highest BCUT2D eigenvalue weighted by atomic mass is 32.1. The van der Waals surface area contributed by atoms with Crippen molar-refractivity contribution in [2.24, 2.45) is 0 Å². The van der Waals surface area contributed by atoms with Crippen LogP contribution in [-0.2, 0) is 6.42 Å². The largest absolute Gasteiger partial charge is 0.375 e. The van der Waals surface area contributed by atoms with Gasteiger partial charge >= 0.3 is 0 Å². The minimum Gasteiger partial charge on any atom is -0.375 e. The number of rotatable bonds is 2. The summed E-state index contributed by atoms with van der Waals surface area (Å²) in [6.07, 6.45) is 0.794. The molecule has 86 valence electrons. The number of aryl methyl sites for hydroxylation is 2. The molecule has 2 aromatic rings. The number of benzene rings is 1. The monoisotopic (exact) mass is 243 g/mol. The summed E-state index contributed by atoms with van der Waals surface area (Å²) in [4.78, 5) is 5.38. The van der Waals surface area contributed by atoms with Gasteiger partial charge in [-0.05, 0) is 37.1 Å². The van der Waals surface area contributed by atoms with Crippen LogP contribution in [0.5, 0.6) is 0 Å². The summed E-state index contributed by atoms with van der Waals surface area (Å²) < 4.78 is 0. The topological polar surface area (TPSA) is 62.7 Å². The lowest BCUT2D eigenvalue weighted by molar-refractivity contribution is 1.13. The van der Waals surface area contributed by atoms with Crippen LogP contribution >= 0.6 is 11.3 Å². The van der Waals surface area contributed by atoms with E-state index in [1.54, 1.807) is 0 Å². The predicted molar refractivity (Wildman–Crippen MR) is 70.0 cm³/mol. The van der Waals surface area contributed by atoms with Crippen molar-refractivity contribution in [1.82, 2.24) is 4.98 Å². The third kappa shape index (κ3) is 2.45. The molecule has 2 N–H and O–H groups in total. The summed E-state index contributed by atoms with van der Waals surface area (Å²) >= 11 is 1.52. The average molecular weight is 243 g/mol. The van der Waals surface area contributed by atoms with Crippen molar-refractivity contribution in [2.75, 3.05) is 5.73 Å². The number of aromatic nitrogens is 1. The molecule has 1 aromatic carbocycles. The van der Waals surface area contributed by atoms with Gasteiger partial charge in [-0.3, -0.25) is 0 Å². The Morgan fingerprint density at radius 2 is 2.18 bits per heavy atom. The number of nitriles is 1. The molecule has 1 heterocycles. The van der Waals surface area contributed by atoms with Gasteiger partial charge in [0.05, 0.1) is 17.3 Å². The van der Waals surface area contributed by atoms with Crippen molar-refractivity contribution in [2.45, 2.75) is 20.3 Å². The Balaban J connectivity index is 2.36. The standard InChI is InChI=1S/C13H13N3S/c1-8-3-4-10(7-14)5-11(8)6-12-9(2)16-13(15)17-12/h3-5H,6H2,1-2H3,(H2,15,16). The van der Waals surface area contributed by atoms with Crippen LogP contribution in [0.2, 0.25) is 0 Å². The van der Waals surface area contributed by atoms with Crippen LogP contribution in [-0.4, -0.2) is 4.98 Å². The van der Waals surface area contributed by atoms with Crippen LogP contribution < -0.4 is 5.73 Å². The fraction of sp³-hybridized carbons (Fsp3) is 0.231. The van der Waals surface area contributed by atoms with E-state index in [0.29, 0.717) is 10.7 Å². The molecular weight excluding hydrogens is 230 g/mol. The van der Waals surface area contributed by atoms with Crippen LogP contribution in [0.25, 0.3) is 0 Å². The molecule has 0 amide bonds. The van der Waals surface area contributed by atoms with Crippen LogP contribution in [0.15, 0.2) is 18.2 Å². The zero-order valence-electron chi connectivity index (χ0n) is 9.82. The summed E-state index contributed by atoms with van der Waals surface area (Å²) in [5.41, 5.74) is 9.71. The van der Waals surface area contributed by atoms with Gasteiger partial charge in [-0.15, -0.1) is 11.3 Å². The first-order valence-corrected chi connectivity index (χ1v) is 6.13. The Bertz CT molecular complexity index is 593. The van der Waals surface area contributed by atoms with Crippen molar-refractivity contribution >= 4 is 16.5 Å². The van der Waals surface area contributed by atoms with Crippen LogP contribution in [0.1, 0.15) is 27.3 Å². The highest BCUT2D eigenvalue weighted by molar-refractivity contribution is 7.15. The molecule has 0 saturated carbocycles. The Morgan fingerprint density at radius 1 is 1.41 bits per heavy atom. The van der Waals surface area contributed by atoms with Gasteiger partial charge in [-0.1, -0.05) is 6.07 Å². The van der Waals surface area contributed by atoms with Crippen molar-refractivity contribution in [3.8, 4) is 6.07 Å². The molecule has 0 unspecified atom stereocenters. The fourth-order valence-electron chi connectivity index (χ4n) is 1.72. The van der Waals surface area contributed by atoms with Crippen molar-refractivity contribution in [3.05, 3.63) is 45.5 Å². The average Bonchev–Trinajstić information content (AvgIpc) is 2.60. The number of thiazole rings is 1. The molecule has 0 saturated heterocycles. The van der Waals surface area contributed by atoms with E-state index in [9.17, 15) is 0 Å². The quantitative estimate of drug-likeness (QED) is 0.882. The van der Waals surface area contributed by atoms with E-state index in [-0.39, 0.29) is 0 Å². The molecule has 0 aliphatic carbocycles. The Hall–Kier alpha value is -1.86. The summed E-state index contributed by atoms with van der Waals surface area (Å²) in [6, 6.07) is 7.92. The van der Waals surface area contributed by atoms with E-state index in [1.165, 1.54) is 21.8 Å². The van der Waals surface area contributed by atoms with Crippen molar-refractivity contribution < 1.29 is 0 Å². The lowest BCUT2D eigenvalue weighted by atomic mass is 10.0. The fourth-order valence-corrected chi connectivity index (χ4v) is 2.58. The van der Waals surface area contributed by atoms with Gasteiger partial charge in [-0.25, -0.2) is 4.98 Å². The molecule has 3 nitrogen and oxygen atoms in total. The summed E-state index contributed by atoms with van der Waals surface area (Å²) in [5.74, 6) is 0. The number of nitrogens with two attached hydrogens (primary N) is 1. The minimum atomic E-state index is 0.603. The smallest absolute Gasteiger partial charge is 0.180 e. The second-order valence-corrected chi connectivity index (χ2v) is 5.11. The molecule has 1 aromatic heterocycles. The zero-order chi connectivity index (χ0) is 12.4. The molecule has 0 bridgehead atoms. The predicted octanol–water partition coefficient (Wildman–Crippen LogP) is 2.80. The van der Waals surface area contributed by atoms with Gasteiger partial charge in [-0.2, -0.15) is 5.26 Å². The molecule has 2 rings (SSSR count). The Kier molecular flexibility index (Phi) is 3.12. The minimum absolute atomic E-state index is 0.603. The summed E-state index contributed by atoms with van der Waals surface area (Å²) in [5, 5.41) is 9.50. The van der Waals surface area contributed by atoms with E-state index in [2.05, 4.69) is 18.0 Å². The Labute approximate surface area is 105 Å². The van der Waals surface area contributed by atoms with Crippen LogP contribution in [0, 0.1) is 25.2 Å². The van der Waals surface area contributed by atoms with Crippen molar-refractivity contribution in [1.29, 1.82) is 5.26 Å². The first-order chi connectivity index (χ1) is 8.10. The lowest BCUT2D eigenvalue weighted by Crippen LogP contribution is -1.92. The zero-order valence-corrected chi connectivity index (χ0v) is 10.6. The highest BCUT2D eigenvalue weighted by Gasteiger charge is 2.08. The second-order valence-electron chi connectivity index (χ2n) is 3.99. The molecule has 4 heteroatoms. The maximum atomic E-state index is 8.90. The molecular formula is C13H13N3S. The second kappa shape index (κ2) is 4.56. The highest BCUT2D eigenvalue weighted by Crippen LogP contribution is 2.24. The van der Waals surface area contributed by atoms with Gasteiger partial charge in [0.2, 0.25) is 0 Å². The van der Waals surface area contributed by atoms with E-state index >= 15 is 0 Å². The third-order valence-corrected chi connectivity index (χ3v) is 3.73. The molecule has 0 atom stereocenters. The summed E-state index contributed by atoms with van der Waals surface area (Å²) in [7, 11) is 0. The van der Waals surface area contributed by atoms with Gasteiger partial charge < -0.3 is 5.73 Å². The maximum absolute atomic E-state index is 8.90. The first kappa shape index (κ1) is 11.6. The number of nitrogens with zero attached hydrogens (tertiary/aromatic N) is 2. The van der Waals surface area contributed by atoms with Crippen LogP contribution in [0.3, 0.4) is 0 Å². The SMILES string of the molecule is Cc1ccc(C#N)cc1Cc1sc(N)nc1C. The van der Waals surface area contributed by atoms with E-state index in [0.717, 1.165) is 17.7 Å². The molecule has 0 aliphatic heterocycles. The molecule has 17 heavy (non-hydrogen) atoms. The van der Waals surface area contributed by atoms with Gasteiger partial charge in [0.1, 0.15) is 0 Å². The molecule has 0 spiro atoms. The number of hydrogen-bond donors (Lipinski definition) is 1. The normalized spacial score (nSPS) is 10.2. The van der Waals surface area contributed by atoms with Gasteiger partial charge in [0, 0.05) is 11.3 Å². The number of anilines is 1. The molecule has 0 radical (unpaired) electrons. The first-order valence-electron chi connectivity index (χ1n) is 5.31. The molecule has 0 aliphatic rings. The maximum Gasteiger partial charge on any atom is 0.180 e. The molecule has 0 fully saturated rings.